The second-order valence-corrected chi connectivity index (χ2v) is 6.41. The number of nitrogens with zero attached hydrogens (tertiary/aromatic N) is 1. The summed E-state index contributed by atoms with van der Waals surface area (Å²) in [5.41, 5.74) is 2.43. The van der Waals surface area contributed by atoms with Gasteiger partial charge in [0, 0.05) is 38.6 Å². The maximum atomic E-state index is 12.0. The zero-order valence-corrected chi connectivity index (χ0v) is 16.9. The number of hydrogen-bond acceptors (Lipinski definition) is 4. The van der Waals surface area contributed by atoms with Gasteiger partial charge in [0.2, 0.25) is 5.91 Å². The molecule has 25 heavy (non-hydrogen) atoms. The van der Waals surface area contributed by atoms with Gasteiger partial charge < -0.3 is 15.4 Å². The molecule has 1 heterocycles. The molecule has 2 atom stereocenters. The maximum Gasteiger partial charge on any atom is 0.224 e. The fourth-order valence-corrected chi connectivity index (χ4v) is 2.89. The van der Waals surface area contributed by atoms with E-state index in [4.69, 9.17) is 4.74 Å². The van der Waals surface area contributed by atoms with E-state index in [1.807, 2.05) is 14.0 Å². The molecule has 0 bridgehead atoms. The lowest BCUT2D eigenvalue weighted by Crippen LogP contribution is -2.40. The van der Waals surface area contributed by atoms with Crippen molar-refractivity contribution in [2.45, 2.75) is 33.0 Å². The molecule has 1 fully saturated rings. The number of carbonyl (C=O) groups excluding carboxylic acids is 1. The standard InChI is InChI=1S/C18H29N3O2.2ClH/c1-14(10-19-3)18(22)20-11-16-5-4-6-17(9-16)13-21-7-8-23-15(2)12-21;;/h4-6,9,14-15,19H,7-8,10-13H2,1-3H3,(H,20,22);2*1H. The molecule has 144 valence electrons. The van der Waals surface area contributed by atoms with E-state index >= 15 is 0 Å². The van der Waals surface area contributed by atoms with Crippen LogP contribution >= 0.6 is 24.8 Å². The highest BCUT2D eigenvalue weighted by molar-refractivity contribution is 5.85. The van der Waals surface area contributed by atoms with Crippen LogP contribution in [-0.2, 0) is 22.6 Å². The first-order chi connectivity index (χ1) is 11.1. The van der Waals surface area contributed by atoms with Crippen LogP contribution in [0.15, 0.2) is 24.3 Å². The largest absolute Gasteiger partial charge is 0.376 e. The Labute approximate surface area is 163 Å². The van der Waals surface area contributed by atoms with Crippen LogP contribution in [0.3, 0.4) is 0 Å². The maximum absolute atomic E-state index is 12.0. The first kappa shape index (κ1) is 24.1. The summed E-state index contributed by atoms with van der Waals surface area (Å²) in [6, 6.07) is 8.46. The average Bonchev–Trinajstić information content (AvgIpc) is 2.53. The van der Waals surface area contributed by atoms with Crippen molar-refractivity contribution in [1.29, 1.82) is 0 Å². The molecule has 7 heteroatoms. The normalized spacial score (nSPS) is 18.6. The van der Waals surface area contributed by atoms with E-state index in [1.54, 1.807) is 0 Å². The Kier molecular flexibility index (Phi) is 12.1. The third kappa shape index (κ3) is 8.38. The molecular formula is C18H31Cl2N3O2. The Bertz CT molecular complexity index is 517. The number of hydrogen-bond donors (Lipinski definition) is 2. The summed E-state index contributed by atoms with van der Waals surface area (Å²) in [6.07, 6.45) is 0.305. The predicted molar refractivity (Wildman–Crippen MR) is 107 cm³/mol. The van der Waals surface area contributed by atoms with Crippen LogP contribution in [0.1, 0.15) is 25.0 Å². The van der Waals surface area contributed by atoms with Gasteiger partial charge in [0.25, 0.3) is 0 Å². The van der Waals surface area contributed by atoms with Gasteiger partial charge in [-0.05, 0) is 25.1 Å². The molecule has 2 unspecified atom stereocenters. The minimum atomic E-state index is -0.0157. The highest BCUT2D eigenvalue weighted by atomic mass is 35.5. The Hall–Kier alpha value is -0.850. The average molecular weight is 392 g/mol. The van der Waals surface area contributed by atoms with Gasteiger partial charge in [-0.2, -0.15) is 0 Å². The molecule has 0 saturated carbocycles. The topological polar surface area (TPSA) is 53.6 Å². The number of halogens is 2. The number of ether oxygens (including phenoxy) is 1. The SMILES string of the molecule is CNCC(C)C(=O)NCc1cccc(CN2CCOC(C)C2)c1.Cl.Cl. The smallest absolute Gasteiger partial charge is 0.224 e. The molecular weight excluding hydrogens is 361 g/mol. The zero-order chi connectivity index (χ0) is 16.7. The molecule has 1 aromatic carbocycles. The van der Waals surface area contributed by atoms with E-state index in [1.165, 1.54) is 5.56 Å². The zero-order valence-electron chi connectivity index (χ0n) is 15.3. The van der Waals surface area contributed by atoms with Crippen LogP contribution in [0.4, 0.5) is 0 Å². The van der Waals surface area contributed by atoms with Gasteiger partial charge in [-0.1, -0.05) is 31.2 Å². The lowest BCUT2D eigenvalue weighted by atomic mass is 10.1. The molecule has 1 aliphatic rings. The summed E-state index contributed by atoms with van der Waals surface area (Å²) in [4.78, 5) is 14.4. The summed E-state index contributed by atoms with van der Waals surface area (Å²) in [6.45, 7) is 9.02. The summed E-state index contributed by atoms with van der Waals surface area (Å²) in [7, 11) is 1.86. The van der Waals surface area contributed by atoms with Gasteiger partial charge in [0.05, 0.1) is 12.7 Å². The monoisotopic (exact) mass is 391 g/mol. The molecule has 1 saturated heterocycles. The quantitative estimate of drug-likeness (QED) is 0.747. The highest BCUT2D eigenvalue weighted by Gasteiger charge is 2.16. The predicted octanol–water partition coefficient (Wildman–Crippen LogP) is 2.22. The Balaban J connectivity index is 0.00000288. The van der Waals surface area contributed by atoms with Crippen molar-refractivity contribution in [1.82, 2.24) is 15.5 Å². The van der Waals surface area contributed by atoms with Gasteiger partial charge in [0.15, 0.2) is 0 Å². The molecule has 5 nitrogen and oxygen atoms in total. The van der Waals surface area contributed by atoms with Gasteiger partial charge in [-0.3, -0.25) is 9.69 Å². The first-order valence-electron chi connectivity index (χ1n) is 8.42. The summed E-state index contributed by atoms with van der Waals surface area (Å²) < 4.78 is 5.58. The third-order valence-corrected chi connectivity index (χ3v) is 4.15. The van der Waals surface area contributed by atoms with Crippen molar-refractivity contribution in [2.24, 2.45) is 5.92 Å². The van der Waals surface area contributed by atoms with E-state index in [2.05, 4.69) is 46.7 Å². The lowest BCUT2D eigenvalue weighted by molar-refractivity contribution is -0.124. The van der Waals surface area contributed by atoms with Crippen molar-refractivity contribution in [2.75, 3.05) is 33.3 Å². The fraction of sp³-hybridized carbons (Fsp3) is 0.611. The molecule has 1 amide bonds. The summed E-state index contributed by atoms with van der Waals surface area (Å²) in [5.74, 6) is 0.0739. The van der Waals surface area contributed by atoms with Crippen molar-refractivity contribution < 1.29 is 9.53 Å². The van der Waals surface area contributed by atoms with Crippen molar-refractivity contribution in [3.63, 3.8) is 0 Å². The van der Waals surface area contributed by atoms with Crippen LogP contribution in [0.2, 0.25) is 0 Å². The van der Waals surface area contributed by atoms with Crippen molar-refractivity contribution >= 4 is 30.7 Å². The second kappa shape index (κ2) is 12.5. The van der Waals surface area contributed by atoms with E-state index in [9.17, 15) is 4.79 Å². The number of amides is 1. The Morgan fingerprint density at radius 3 is 2.76 bits per heavy atom. The van der Waals surface area contributed by atoms with Gasteiger partial charge >= 0.3 is 0 Å². The van der Waals surface area contributed by atoms with Crippen LogP contribution in [0, 0.1) is 5.92 Å². The Morgan fingerprint density at radius 1 is 1.36 bits per heavy atom. The van der Waals surface area contributed by atoms with Crippen molar-refractivity contribution in [3.8, 4) is 0 Å². The van der Waals surface area contributed by atoms with Gasteiger partial charge in [-0.15, -0.1) is 24.8 Å². The highest BCUT2D eigenvalue weighted by Crippen LogP contribution is 2.12. The second-order valence-electron chi connectivity index (χ2n) is 6.41. The van der Waals surface area contributed by atoms with Crippen LogP contribution in [0.5, 0.6) is 0 Å². The molecule has 0 aliphatic carbocycles. The van der Waals surface area contributed by atoms with E-state index < -0.39 is 0 Å². The number of morpholine rings is 1. The van der Waals surface area contributed by atoms with E-state index in [0.29, 0.717) is 19.2 Å². The van der Waals surface area contributed by atoms with E-state index in [-0.39, 0.29) is 36.6 Å². The van der Waals surface area contributed by atoms with Crippen molar-refractivity contribution in [3.05, 3.63) is 35.4 Å². The molecule has 0 radical (unpaired) electrons. The lowest BCUT2D eigenvalue weighted by Gasteiger charge is -2.31. The molecule has 1 aromatic rings. The number of rotatable bonds is 7. The van der Waals surface area contributed by atoms with Crippen LogP contribution in [-0.4, -0.2) is 50.2 Å². The van der Waals surface area contributed by atoms with Gasteiger partial charge in [0.1, 0.15) is 0 Å². The number of carbonyl (C=O) groups is 1. The van der Waals surface area contributed by atoms with Crippen LogP contribution in [0.25, 0.3) is 0 Å². The Morgan fingerprint density at radius 2 is 2.08 bits per heavy atom. The molecule has 1 aliphatic heterocycles. The first-order valence-corrected chi connectivity index (χ1v) is 8.42. The van der Waals surface area contributed by atoms with Crippen LogP contribution < -0.4 is 10.6 Å². The fourth-order valence-electron chi connectivity index (χ4n) is 2.89. The number of nitrogens with one attached hydrogen (secondary N) is 2. The summed E-state index contributed by atoms with van der Waals surface area (Å²) in [5, 5.41) is 6.04. The number of benzene rings is 1. The minimum absolute atomic E-state index is 0. The summed E-state index contributed by atoms with van der Waals surface area (Å²) >= 11 is 0. The van der Waals surface area contributed by atoms with Gasteiger partial charge in [-0.25, -0.2) is 0 Å². The molecule has 2 rings (SSSR count). The minimum Gasteiger partial charge on any atom is -0.376 e. The molecule has 2 N–H and O–H groups in total. The molecule has 0 aromatic heterocycles. The van der Waals surface area contributed by atoms with E-state index in [0.717, 1.165) is 31.8 Å². The molecule has 0 spiro atoms. The third-order valence-electron chi connectivity index (χ3n) is 4.15.